The van der Waals surface area contributed by atoms with Crippen LogP contribution in [0.4, 0.5) is 0 Å². The molecule has 1 aromatic carbocycles. The fraction of sp³-hybridized carbons (Fsp3) is 0.235. The first kappa shape index (κ1) is 15.6. The molecule has 0 fully saturated rings. The number of carbonyl (C=O) groups excluding carboxylic acids is 1. The molecule has 0 spiro atoms. The van der Waals surface area contributed by atoms with Crippen molar-refractivity contribution in [3.63, 3.8) is 0 Å². The number of benzene rings is 1. The zero-order chi connectivity index (χ0) is 16.2. The Morgan fingerprint density at radius 3 is 2.61 bits per heavy atom. The quantitative estimate of drug-likeness (QED) is 0.516. The standard InChI is InChI=1S/C17H18N4OS/c1-13-18-19-17(21(13)11-14-7-4-3-5-8-14)23-12-16(22)15-9-6-10-20(15)2/h3-10H,11-12H2,1-2H3. The highest BCUT2D eigenvalue weighted by Gasteiger charge is 2.14. The van der Waals surface area contributed by atoms with Gasteiger partial charge < -0.3 is 9.13 Å². The third-order valence-electron chi connectivity index (χ3n) is 3.65. The summed E-state index contributed by atoms with van der Waals surface area (Å²) in [6.07, 6.45) is 1.87. The number of ketones is 1. The topological polar surface area (TPSA) is 52.7 Å². The Morgan fingerprint density at radius 1 is 1.13 bits per heavy atom. The Kier molecular flexibility index (Phi) is 4.62. The molecule has 0 aliphatic heterocycles. The lowest BCUT2D eigenvalue weighted by molar-refractivity contribution is 0.101. The smallest absolute Gasteiger partial charge is 0.191 e. The van der Waals surface area contributed by atoms with Crippen molar-refractivity contribution in [1.29, 1.82) is 0 Å². The molecule has 0 aliphatic rings. The lowest BCUT2D eigenvalue weighted by Gasteiger charge is -2.08. The van der Waals surface area contributed by atoms with Crippen LogP contribution in [0.1, 0.15) is 21.9 Å². The Morgan fingerprint density at radius 2 is 1.91 bits per heavy atom. The maximum atomic E-state index is 12.3. The van der Waals surface area contributed by atoms with E-state index in [9.17, 15) is 4.79 Å². The fourth-order valence-corrected chi connectivity index (χ4v) is 3.23. The van der Waals surface area contributed by atoms with Gasteiger partial charge >= 0.3 is 0 Å². The molecule has 3 rings (SSSR count). The molecule has 2 heterocycles. The summed E-state index contributed by atoms with van der Waals surface area (Å²) >= 11 is 1.43. The van der Waals surface area contributed by atoms with Crippen molar-refractivity contribution in [2.24, 2.45) is 7.05 Å². The minimum Gasteiger partial charge on any atom is -0.348 e. The van der Waals surface area contributed by atoms with Crippen LogP contribution in [0.5, 0.6) is 0 Å². The number of carbonyl (C=O) groups is 1. The average Bonchev–Trinajstić information content (AvgIpc) is 3.13. The number of Topliss-reactive ketones (excluding diaryl/α,β-unsaturated/α-hetero) is 1. The molecule has 5 nitrogen and oxygen atoms in total. The van der Waals surface area contributed by atoms with Gasteiger partial charge in [-0.3, -0.25) is 4.79 Å². The van der Waals surface area contributed by atoms with Crippen LogP contribution in [0.25, 0.3) is 0 Å². The molecule has 0 N–H and O–H groups in total. The van der Waals surface area contributed by atoms with Crippen LogP contribution < -0.4 is 0 Å². The van der Waals surface area contributed by atoms with E-state index in [2.05, 4.69) is 22.3 Å². The van der Waals surface area contributed by atoms with Crippen LogP contribution in [0.2, 0.25) is 0 Å². The second kappa shape index (κ2) is 6.83. The first-order valence-corrected chi connectivity index (χ1v) is 8.35. The van der Waals surface area contributed by atoms with Gasteiger partial charge in [0.25, 0.3) is 0 Å². The van der Waals surface area contributed by atoms with E-state index in [1.165, 1.54) is 17.3 Å². The third kappa shape index (κ3) is 3.53. The SMILES string of the molecule is Cc1nnc(SCC(=O)c2cccn2C)n1Cc1ccccc1. The molecule has 23 heavy (non-hydrogen) atoms. The summed E-state index contributed by atoms with van der Waals surface area (Å²) in [5.74, 6) is 1.29. The summed E-state index contributed by atoms with van der Waals surface area (Å²) < 4.78 is 3.88. The molecule has 6 heteroatoms. The van der Waals surface area contributed by atoms with Gasteiger partial charge in [0.1, 0.15) is 5.82 Å². The van der Waals surface area contributed by atoms with Gasteiger partial charge in [-0.05, 0) is 24.6 Å². The predicted molar refractivity (Wildman–Crippen MR) is 90.8 cm³/mol. The molecule has 0 unspecified atom stereocenters. The number of nitrogens with zero attached hydrogens (tertiary/aromatic N) is 4. The molecule has 0 radical (unpaired) electrons. The average molecular weight is 326 g/mol. The van der Waals surface area contributed by atoms with Crippen molar-refractivity contribution in [1.82, 2.24) is 19.3 Å². The summed E-state index contributed by atoms with van der Waals surface area (Å²) in [6.45, 7) is 2.64. The Balaban J connectivity index is 1.72. The molecular weight excluding hydrogens is 308 g/mol. The summed E-state index contributed by atoms with van der Waals surface area (Å²) in [7, 11) is 1.87. The molecule has 3 aromatic rings. The number of rotatable bonds is 6. The fourth-order valence-electron chi connectivity index (χ4n) is 2.37. The second-order valence-corrected chi connectivity index (χ2v) is 6.26. The normalized spacial score (nSPS) is 10.9. The molecule has 0 saturated heterocycles. The summed E-state index contributed by atoms with van der Waals surface area (Å²) in [5.41, 5.74) is 1.90. The van der Waals surface area contributed by atoms with Crippen LogP contribution in [0, 0.1) is 6.92 Å². The van der Waals surface area contributed by atoms with Crippen molar-refractivity contribution >= 4 is 17.5 Å². The van der Waals surface area contributed by atoms with E-state index in [-0.39, 0.29) is 5.78 Å². The number of aromatic nitrogens is 4. The molecular formula is C17H18N4OS. The van der Waals surface area contributed by atoms with Gasteiger partial charge in [0.05, 0.1) is 18.0 Å². The summed E-state index contributed by atoms with van der Waals surface area (Å²) in [6, 6.07) is 13.9. The van der Waals surface area contributed by atoms with Crippen LogP contribution in [-0.4, -0.2) is 30.9 Å². The second-order valence-electron chi connectivity index (χ2n) is 5.32. The summed E-state index contributed by atoms with van der Waals surface area (Å²) in [5, 5.41) is 9.12. The Hall–Kier alpha value is -2.34. The first-order valence-electron chi connectivity index (χ1n) is 7.36. The van der Waals surface area contributed by atoms with E-state index in [1.807, 2.05) is 59.6 Å². The zero-order valence-corrected chi connectivity index (χ0v) is 14.0. The molecule has 2 aromatic heterocycles. The molecule has 0 bridgehead atoms. The van der Waals surface area contributed by atoms with E-state index in [1.54, 1.807) is 0 Å². The number of hydrogen-bond acceptors (Lipinski definition) is 4. The minimum atomic E-state index is 0.0921. The van der Waals surface area contributed by atoms with Crippen molar-refractivity contribution in [3.8, 4) is 0 Å². The van der Waals surface area contributed by atoms with Gasteiger partial charge in [-0.15, -0.1) is 10.2 Å². The highest BCUT2D eigenvalue weighted by atomic mass is 32.2. The van der Waals surface area contributed by atoms with Crippen molar-refractivity contribution in [2.75, 3.05) is 5.75 Å². The lowest BCUT2D eigenvalue weighted by atomic mass is 10.2. The molecule has 0 amide bonds. The van der Waals surface area contributed by atoms with E-state index in [0.29, 0.717) is 18.0 Å². The highest BCUT2D eigenvalue weighted by Crippen LogP contribution is 2.20. The van der Waals surface area contributed by atoms with E-state index >= 15 is 0 Å². The Bertz CT molecular complexity index is 807. The van der Waals surface area contributed by atoms with Crippen LogP contribution in [0.3, 0.4) is 0 Å². The van der Waals surface area contributed by atoms with Crippen LogP contribution in [-0.2, 0) is 13.6 Å². The van der Waals surface area contributed by atoms with Crippen molar-refractivity contribution in [3.05, 3.63) is 65.7 Å². The number of hydrogen-bond donors (Lipinski definition) is 0. The van der Waals surface area contributed by atoms with Gasteiger partial charge in [-0.25, -0.2) is 0 Å². The minimum absolute atomic E-state index is 0.0921. The molecule has 0 atom stereocenters. The predicted octanol–water partition coefficient (Wildman–Crippen LogP) is 2.95. The third-order valence-corrected chi connectivity index (χ3v) is 4.61. The van der Waals surface area contributed by atoms with Crippen molar-refractivity contribution < 1.29 is 4.79 Å². The van der Waals surface area contributed by atoms with Gasteiger partial charge in [0.15, 0.2) is 10.9 Å². The highest BCUT2D eigenvalue weighted by molar-refractivity contribution is 7.99. The number of aryl methyl sites for hydroxylation is 2. The maximum Gasteiger partial charge on any atom is 0.191 e. The van der Waals surface area contributed by atoms with Gasteiger partial charge in [0.2, 0.25) is 0 Å². The van der Waals surface area contributed by atoms with Crippen LogP contribution in [0.15, 0.2) is 53.8 Å². The van der Waals surface area contributed by atoms with Crippen molar-refractivity contribution in [2.45, 2.75) is 18.6 Å². The zero-order valence-electron chi connectivity index (χ0n) is 13.1. The van der Waals surface area contributed by atoms with E-state index in [4.69, 9.17) is 0 Å². The monoisotopic (exact) mass is 326 g/mol. The van der Waals surface area contributed by atoms with Gasteiger partial charge in [-0.2, -0.15) is 0 Å². The molecule has 0 aliphatic carbocycles. The molecule has 118 valence electrons. The first-order chi connectivity index (χ1) is 11.1. The largest absolute Gasteiger partial charge is 0.348 e. The molecule has 0 saturated carbocycles. The van der Waals surface area contributed by atoms with Gasteiger partial charge in [0, 0.05) is 13.2 Å². The Labute approximate surface area is 139 Å². The van der Waals surface area contributed by atoms with E-state index < -0.39 is 0 Å². The maximum absolute atomic E-state index is 12.3. The lowest BCUT2D eigenvalue weighted by Crippen LogP contribution is -2.09. The number of thioether (sulfide) groups is 1. The van der Waals surface area contributed by atoms with Crippen LogP contribution >= 0.6 is 11.8 Å². The van der Waals surface area contributed by atoms with Gasteiger partial charge in [-0.1, -0.05) is 42.1 Å². The summed E-state index contributed by atoms with van der Waals surface area (Å²) in [4.78, 5) is 12.3. The van der Waals surface area contributed by atoms with E-state index in [0.717, 1.165) is 11.0 Å².